The second kappa shape index (κ2) is 9.70. The number of methoxy groups -OCH3 is 2. The molecule has 3 N–H and O–H groups in total. The van der Waals surface area contributed by atoms with Gasteiger partial charge in [-0.3, -0.25) is 14.7 Å². The molecule has 1 saturated heterocycles. The minimum atomic E-state index is 0.0991. The van der Waals surface area contributed by atoms with E-state index in [1.165, 1.54) is 5.56 Å². The molecule has 194 valence electrons. The smallest absolute Gasteiger partial charge is 0.237 e. The van der Waals surface area contributed by atoms with E-state index in [-0.39, 0.29) is 11.8 Å². The second-order valence-corrected chi connectivity index (χ2v) is 9.57. The molecular weight excluding hydrogens is 484 g/mol. The summed E-state index contributed by atoms with van der Waals surface area (Å²) < 4.78 is 10.9. The molecular formula is C28H28N6O4. The van der Waals surface area contributed by atoms with E-state index < -0.39 is 0 Å². The Labute approximate surface area is 219 Å². The van der Waals surface area contributed by atoms with Gasteiger partial charge in [-0.05, 0) is 72.2 Å². The molecule has 0 spiro atoms. The van der Waals surface area contributed by atoms with Crippen LogP contribution in [0, 0.1) is 0 Å². The van der Waals surface area contributed by atoms with Gasteiger partial charge in [0.15, 0.2) is 5.82 Å². The SMILES string of the molecule is COc1ccc(NC=O)c(C2CC2c2ccc3c(Nc4cc(N5CCCC5=O)cnc4OC)n[nH]c3c2)c1. The van der Waals surface area contributed by atoms with Crippen LogP contribution in [0.2, 0.25) is 0 Å². The third-order valence-corrected chi connectivity index (χ3v) is 7.35. The molecule has 2 aromatic heterocycles. The summed E-state index contributed by atoms with van der Waals surface area (Å²) in [6.07, 6.45) is 4.74. The number of amides is 2. The van der Waals surface area contributed by atoms with Gasteiger partial charge < -0.3 is 25.0 Å². The number of aromatic amines is 1. The summed E-state index contributed by atoms with van der Waals surface area (Å²) in [6, 6.07) is 13.9. The average molecular weight is 513 g/mol. The maximum Gasteiger partial charge on any atom is 0.237 e. The number of rotatable bonds is 9. The van der Waals surface area contributed by atoms with E-state index >= 15 is 0 Å². The molecule has 10 heteroatoms. The highest BCUT2D eigenvalue weighted by molar-refractivity contribution is 5.96. The lowest BCUT2D eigenvalue weighted by Crippen LogP contribution is -2.23. The number of H-pyrrole nitrogens is 1. The summed E-state index contributed by atoms with van der Waals surface area (Å²) >= 11 is 0. The van der Waals surface area contributed by atoms with Gasteiger partial charge in [0.25, 0.3) is 0 Å². The van der Waals surface area contributed by atoms with Gasteiger partial charge in [0.2, 0.25) is 18.2 Å². The van der Waals surface area contributed by atoms with Gasteiger partial charge in [0.05, 0.1) is 31.6 Å². The van der Waals surface area contributed by atoms with Crippen LogP contribution >= 0.6 is 0 Å². The number of fused-ring (bicyclic) bond motifs is 1. The molecule has 38 heavy (non-hydrogen) atoms. The van der Waals surface area contributed by atoms with Crippen LogP contribution in [-0.2, 0) is 9.59 Å². The highest BCUT2D eigenvalue weighted by Crippen LogP contribution is 2.57. The lowest BCUT2D eigenvalue weighted by Gasteiger charge is -2.17. The van der Waals surface area contributed by atoms with Gasteiger partial charge in [0, 0.05) is 24.0 Å². The first kappa shape index (κ1) is 23.8. The molecule has 1 aliphatic heterocycles. The lowest BCUT2D eigenvalue weighted by molar-refractivity contribution is -0.117. The predicted octanol–water partition coefficient (Wildman–Crippen LogP) is 4.68. The Morgan fingerprint density at radius 1 is 1.08 bits per heavy atom. The summed E-state index contributed by atoms with van der Waals surface area (Å²) in [4.78, 5) is 29.5. The number of aromatic nitrogens is 3. The van der Waals surface area contributed by atoms with Gasteiger partial charge in [-0.15, -0.1) is 0 Å². The summed E-state index contributed by atoms with van der Waals surface area (Å²) in [5, 5.41) is 14.7. The van der Waals surface area contributed by atoms with Crippen molar-refractivity contribution in [3.05, 3.63) is 59.8 Å². The van der Waals surface area contributed by atoms with Crippen molar-refractivity contribution in [2.45, 2.75) is 31.1 Å². The predicted molar refractivity (Wildman–Crippen MR) is 145 cm³/mol. The topological polar surface area (TPSA) is 121 Å². The molecule has 4 aromatic rings. The number of nitrogens with one attached hydrogen (secondary N) is 3. The molecule has 1 aliphatic carbocycles. The third-order valence-electron chi connectivity index (χ3n) is 7.35. The Bertz CT molecular complexity index is 1530. The van der Waals surface area contributed by atoms with Crippen LogP contribution in [-0.4, -0.2) is 48.3 Å². The number of pyridine rings is 1. The van der Waals surface area contributed by atoms with Crippen LogP contribution in [0.1, 0.15) is 42.2 Å². The van der Waals surface area contributed by atoms with Gasteiger partial charge in [-0.25, -0.2) is 4.98 Å². The van der Waals surface area contributed by atoms with E-state index in [1.54, 1.807) is 25.3 Å². The number of hydrogen-bond donors (Lipinski definition) is 3. The number of anilines is 4. The summed E-state index contributed by atoms with van der Waals surface area (Å²) in [5.41, 5.74) is 5.36. The average Bonchev–Trinajstić information content (AvgIpc) is 3.47. The van der Waals surface area contributed by atoms with E-state index in [9.17, 15) is 9.59 Å². The van der Waals surface area contributed by atoms with Crippen molar-refractivity contribution in [2.75, 3.05) is 36.3 Å². The molecule has 1 saturated carbocycles. The largest absolute Gasteiger partial charge is 0.497 e. The van der Waals surface area contributed by atoms with Crippen molar-refractivity contribution in [1.82, 2.24) is 15.2 Å². The summed E-state index contributed by atoms with van der Waals surface area (Å²) in [5.74, 6) is 2.56. The standard InChI is InChI=1S/C28H28N6O4/c1-37-18-6-8-23(30-15-35)22(12-18)21-13-20(21)16-5-7-19-24(10-16)32-33-27(19)31-25-11-17(14-29-28(25)38-2)34-9-3-4-26(34)36/h5-8,10-12,14-15,20-21H,3-4,9,13H2,1-2H3,(H,30,35)(H2,31,32,33). The summed E-state index contributed by atoms with van der Waals surface area (Å²) in [6.45, 7) is 0.686. The Kier molecular flexibility index (Phi) is 6.07. The van der Waals surface area contributed by atoms with E-state index in [1.807, 2.05) is 24.3 Å². The third kappa shape index (κ3) is 4.27. The molecule has 2 fully saturated rings. The van der Waals surface area contributed by atoms with E-state index in [0.717, 1.165) is 46.4 Å². The monoisotopic (exact) mass is 512 g/mol. The minimum Gasteiger partial charge on any atom is -0.497 e. The first-order valence-corrected chi connectivity index (χ1v) is 12.6. The van der Waals surface area contributed by atoms with Crippen LogP contribution in [0.4, 0.5) is 22.9 Å². The molecule has 2 unspecified atom stereocenters. The Balaban J connectivity index is 1.25. The fraction of sp³-hybridized carbons (Fsp3) is 0.286. The quantitative estimate of drug-likeness (QED) is 0.278. The van der Waals surface area contributed by atoms with Gasteiger partial charge >= 0.3 is 0 Å². The van der Waals surface area contributed by atoms with Crippen LogP contribution in [0.3, 0.4) is 0 Å². The number of benzene rings is 2. The minimum absolute atomic E-state index is 0.0991. The van der Waals surface area contributed by atoms with E-state index in [0.29, 0.717) is 42.7 Å². The van der Waals surface area contributed by atoms with E-state index in [2.05, 4.69) is 44.0 Å². The maximum absolute atomic E-state index is 12.2. The Morgan fingerprint density at radius 2 is 1.97 bits per heavy atom. The maximum atomic E-state index is 12.2. The van der Waals surface area contributed by atoms with Gasteiger partial charge in [0.1, 0.15) is 11.4 Å². The van der Waals surface area contributed by atoms with Crippen molar-refractivity contribution in [3.63, 3.8) is 0 Å². The van der Waals surface area contributed by atoms with Crippen LogP contribution in [0.25, 0.3) is 10.9 Å². The van der Waals surface area contributed by atoms with Crippen LogP contribution in [0.5, 0.6) is 11.6 Å². The van der Waals surface area contributed by atoms with Crippen molar-refractivity contribution in [3.8, 4) is 11.6 Å². The first-order valence-electron chi connectivity index (χ1n) is 12.6. The molecule has 2 aromatic carbocycles. The van der Waals surface area contributed by atoms with Gasteiger partial charge in [-0.2, -0.15) is 5.10 Å². The molecule has 3 heterocycles. The second-order valence-electron chi connectivity index (χ2n) is 9.57. The molecule has 2 atom stereocenters. The lowest BCUT2D eigenvalue weighted by atomic mass is 10.0. The number of carbonyl (C=O) groups excluding carboxylic acids is 2. The molecule has 6 rings (SSSR count). The van der Waals surface area contributed by atoms with Crippen LogP contribution in [0.15, 0.2) is 48.7 Å². The first-order chi connectivity index (χ1) is 18.6. The summed E-state index contributed by atoms with van der Waals surface area (Å²) in [7, 11) is 3.20. The van der Waals surface area contributed by atoms with Crippen LogP contribution < -0.4 is 25.0 Å². The highest BCUT2D eigenvalue weighted by atomic mass is 16.5. The number of carbonyl (C=O) groups is 2. The highest BCUT2D eigenvalue weighted by Gasteiger charge is 2.41. The van der Waals surface area contributed by atoms with Crippen molar-refractivity contribution < 1.29 is 19.1 Å². The Morgan fingerprint density at radius 3 is 2.74 bits per heavy atom. The normalized spacial score (nSPS) is 18.5. The fourth-order valence-electron chi connectivity index (χ4n) is 5.33. The van der Waals surface area contributed by atoms with Gasteiger partial charge in [-0.1, -0.05) is 6.07 Å². The number of ether oxygens (including phenoxy) is 2. The van der Waals surface area contributed by atoms with Crippen molar-refractivity contribution >= 4 is 46.1 Å². The fourth-order valence-corrected chi connectivity index (χ4v) is 5.33. The van der Waals surface area contributed by atoms with E-state index in [4.69, 9.17) is 9.47 Å². The molecule has 0 radical (unpaired) electrons. The molecule has 2 aliphatic rings. The molecule has 0 bridgehead atoms. The number of nitrogens with zero attached hydrogens (tertiary/aromatic N) is 3. The zero-order valence-corrected chi connectivity index (χ0v) is 21.2. The van der Waals surface area contributed by atoms with Crippen molar-refractivity contribution in [1.29, 1.82) is 0 Å². The Hall–Kier alpha value is -4.60. The molecule has 2 amide bonds. The number of hydrogen-bond acceptors (Lipinski definition) is 7. The molecule has 10 nitrogen and oxygen atoms in total. The van der Waals surface area contributed by atoms with Crippen molar-refractivity contribution in [2.24, 2.45) is 0 Å². The zero-order valence-electron chi connectivity index (χ0n) is 21.2. The zero-order chi connectivity index (χ0) is 26.2.